The molecule has 0 atom stereocenters. The Bertz CT molecular complexity index is 480. The fourth-order valence-electron chi connectivity index (χ4n) is 1.66. The van der Waals surface area contributed by atoms with Crippen molar-refractivity contribution in [3.05, 3.63) is 38.3 Å². The lowest BCUT2D eigenvalue weighted by atomic mass is 10.2. The van der Waals surface area contributed by atoms with E-state index in [2.05, 4.69) is 5.32 Å². The minimum atomic E-state index is -0.461. The molecule has 0 aliphatic carbocycles. The highest BCUT2D eigenvalue weighted by Gasteiger charge is 2.12. The highest BCUT2D eigenvalue weighted by molar-refractivity contribution is 5.35. The molecule has 0 fully saturated rings. The number of hydrogen-bond donors (Lipinski definition) is 1. The fourth-order valence-corrected chi connectivity index (χ4v) is 1.66. The summed E-state index contributed by atoms with van der Waals surface area (Å²) in [6.45, 7) is 6.93. The minimum Gasteiger partial charge on any atom is -0.314 e. The standard InChI is InChI=1S/C12H19N3O3/c1-9(2)13-5-4-6-14-8-11(15(17)18)10(3)7-12(14)16/h7-9,13H,4-6H2,1-3H3. The van der Waals surface area contributed by atoms with Gasteiger partial charge in [0.25, 0.3) is 11.2 Å². The maximum absolute atomic E-state index is 11.7. The number of nitrogens with one attached hydrogen (secondary N) is 1. The van der Waals surface area contributed by atoms with Gasteiger partial charge in [-0.05, 0) is 19.9 Å². The molecular weight excluding hydrogens is 234 g/mol. The normalized spacial score (nSPS) is 10.9. The van der Waals surface area contributed by atoms with Crippen LogP contribution in [0.3, 0.4) is 0 Å². The van der Waals surface area contributed by atoms with Gasteiger partial charge in [0.05, 0.1) is 11.1 Å². The van der Waals surface area contributed by atoms with Crippen LogP contribution in [0, 0.1) is 17.0 Å². The lowest BCUT2D eigenvalue weighted by molar-refractivity contribution is -0.385. The molecule has 0 amide bonds. The van der Waals surface area contributed by atoms with Crippen LogP contribution in [0.2, 0.25) is 0 Å². The van der Waals surface area contributed by atoms with Gasteiger partial charge in [0.15, 0.2) is 0 Å². The van der Waals surface area contributed by atoms with Crippen molar-refractivity contribution < 1.29 is 4.92 Å². The number of nitro groups is 1. The van der Waals surface area contributed by atoms with Crippen molar-refractivity contribution in [1.82, 2.24) is 9.88 Å². The molecule has 0 bridgehead atoms. The maximum atomic E-state index is 11.7. The van der Waals surface area contributed by atoms with E-state index in [4.69, 9.17) is 0 Å². The molecule has 6 nitrogen and oxygen atoms in total. The van der Waals surface area contributed by atoms with E-state index in [0.29, 0.717) is 18.2 Å². The topological polar surface area (TPSA) is 77.2 Å². The van der Waals surface area contributed by atoms with Crippen molar-refractivity contribution in [2.45, 2.75) is 39.8 Å². The average molecular weight is 253 g/mol. The molecule has 1 aromatic heterocycles. The van der Waals surface area contributed by atoms with Gasteiger partial charge in [-0.1, -0.05) is 13.8 Å². The van der Waals surface area contributed by atoms with Gasteiger partial charge in [-0.2, -0.15) is 0 Å². The van der Waals surface area contributed by atoms with Gasteiger partial charge in [0, 0.05) is 24.2 Å². The van der Waals surface area contributed by atoms with Gasteiger partial charge in [-0.25, -0.2) is 0 Å². The molecule has 18 heavy (non-hydrogen) atoms. The van der Waals surface area contributed by atoms with E-state index >= 15 is 0 Å². The van der Waals surface area contributed by atoms with Gasteiger partial charge in [0.2, 0.25) is 0 Å². The van der Waals surface area contributed by atoms with Crippen molar-refractivity contribution in [2.24, 2.45) is 0 Å². The number of rotatable bonds is 6. The first-order valence-corrected chi connectivity index (χ1v) is 6.00. The lowest BCUT2D eigenvalue weighted by Gasteiger charge is -2.09. The highest BCUT2D eigenvalue weighted by atomic mass is 16.6. The van der Waals surface area contributed by atoms with Gasteiger partial charge in [0.1, 0.15) is 0 Å². The van der Waals surface area contributed by atoms with Crippen LogP contribution in [-0.2, 0) is 6.54 Å². The van der Waals surface area contributed by atoms with E-state index < -0.39 is 4.92 Å². The zero-order chi connectivity index (χ0) is 13.7. The van der Waals surface area contributed by atoms with Crippen molar-refractivity contribution in [3.63, 3.8) is 0 Å². The number of nitrogens with zero attached hydrogens (tertiary/aromatic N) is 2. The molecule has 1 rings (SSSR count). The number of hydrogen-bond acceptors (Lipinski definition) is 4. The smallest absolute Gasteiger partial charge is 0.288 e. The fraction of sp³-hybridized carbons (Fsp3) is 0.583. The van der Waals surface area contributed by atoms with E-state index in [9.17, 15) is 14.9 Å². The van der Waals surface area contributed by atoms with Gasteiger partial charge in [-0.15, -0.1) is 0 Å². The molecule has 0 aromatic carbocycles. The van der Waals surface area contributed by atoms with Crippen LogP contribution >= 0.6 is 0 Å². The Kier molecular flexibility index (Phi) is 5.03. The van der Waals surface area contributed by atoms with E-state index in [0.717, 1.165) is 13.0 Å². The largest absolute Gasteiger partial charge is 0.314 e. The third kappa shape index (κ3) is 3.96. The second kappa shape index (κ2) is 6.30. The number of pyridine rings is 1. The predicted octanol–water partition coefficient (Wildman–Crippen LogP) is 1.45. The molecule has 100 valence electrons. The Balaban J connectivity index is 2.74. The zero-order valence-corrected chi connectivity index (χ0v) is 11.0. The first kappa shape index (κ1) is 14.4. The van der Waals surface area contributed by atoms with Crippen LogP contribution in [0.5, 0.6) is 0 Å². The molecule has 0 spiro atoms. The molecule has 0 saturated carbocycles. The summed E-state index contributed by atoms with van der Waals surface area (Å²) in [5.74, 6) is 0. The van der Waals surface area contributed by atoms with E-state index in [1.807, 2.05) is 13.8 Å². The van der Waals surface area contributed by atoms with Crippen molar-refractivity contribution in [3.8, 4) is 0 Å². The van der Waals surface area contributed by atoms with Crippen LogP contribution in [-0.4, -0.2) is 22.1 Å². The summed E-state index contributed by atoms with van der Waals surface area (Å²) < 4.78 is 1.40. The summed E-state index contributed by atoms with van der Waals surface area (Å²) >= 11 is 0. The Morgan fingerprint density at radius 3 is 2.72 bits per heavy atom. The van der Waals surface area contributed by atoms with Gasteiger partial charge in [-0.3, -0.25) is 14.9 Å². The Labute approximate surface area is 106 Å². The summed E-state index contributed by atoms with van der Waals surface area (Å²) in [4.78, 5) is 22.0. The third-order valence-corrected chi connectivity index (χ3v) is 2.63. The molecule has 1 aromatic rings. The Morgan fingerprint density at radius 1 is 1.50 bits per heavy atom. The lowest BCUT2D eigenvalue weighted by Crippen LogP contribution is -2.26. The van der Waals surface area contributed by atoms with E-state index in [1.54, 1.807) is 6.92 Å². The van der Waals surface area contributed by atoms with Crippen LogP contribution < -0.4 is 10.9 Å². The molecule has 0 radical (unpaired) electrons. The molecular formula is C12H19N3O3. The first-order chi connectivity index (χ1) is 8.41. The van der Waals surface area contributed by atoms with Crippen molar-refractivity contribution >= 4 is 5.69 Å². The molecule has 0 aliphatic heterocycles. The van der Waals surface area contributed by atoms with Gasteiger partial charge >= 0.3 is 0 Å². The second-order valence-electron chi connectivity index (χ2n) is 4.59. The maximum Gasteiger partial charge on any atom is 0.288 e. The summed E-state index contributed by atoms with van der Waals surface area (Å²) in [6.07, 6.45) is 2.09. The molecule has 1 heterocycles. The van der Waals surface area contributed by atoms with Crippen LogP contribution in [0.4, 0.5) is 5.69 Å². The molecule has 1 N–H and O–H groups in total. The van der Waals surface area contributed by atoms with E-state index in [-0.39, 0.29) is 11.2 Å². The summed E-state index contributed by atoms with van der Waals surface area (Å²) in [6, 6.07) is 1.71. The number of aromatic nitrogens is 1. The van der Waals surface area contributed by atoms with E-state index in [1.165, 1.54) is 16.8 Å². The third-order valence-electron chi connectivity index (χ3n) is 2.63. The minimum absolute atomic E-state index is 0.00795. The first-order valence-electron chi connectivity index (χ1n) is 6.00. The predicted molar refractivity (Wildman–Crippen MR) is 69.8 cm³/mol. The SMILES string of the molecule is Cc1cc(=O)n(CCCNC(C)C)cc1[N+](=O)[O-]. The summed E-state index contributed by atoms with van der Waals surface area (Å²) in [5.41, 5.74) is 0.204. The average Bonchev–Trinajstić information content (AvgIpc) is 2.25. The monoisotopic (exact) mass is 253 g/mol. The molecule has 6 heteroatoms. The second-order valence-corrected chi connectivity index (χ2v) is 4.59. The van der Waals surface area contributed by atoms with Gasteiger partial charge < -0.3 is 9.88 Å². The molecule has 0 aliphatic rings. The Hall–Kier alpha value is -1.69. The summed E-state index contributed by atoms with van der Waals surface area (Å²) in [5, 5.41) is 14.0. The molecule has 0 unspecified atom stereocenters. The highest BCUT2D eigenvalue weighted by Crippen LogP contribution is 2.13. The summed E-state index contributed by atoms with van der Waals surface area (Å²) in [7, 11) is 0. The van der Waals surface area contributed by atoms with Crippen LogP contribution in [0.15, 0.2) is 17.1 Å². The van der Waals surface area contributed by atoms with Crippen molar-refractivity contribution in [1.29, 1.82) is 0 Å². The van der Waals surface area contributed by atoms with Crippen LogP contribution in [0.25, 0.3) is 0 Å². The number of aryl methyl sites for hydroxylation is 2. The Morgan fingerprint density at radius 2 is 2.17 bits per heavy atom. The van der Waals surface area contributed by atoms with Crippen LogP contribution in [0.1, 0.15) is 25.8 Å². The molecule has 0 saturated heterocycles. The zero-order valence-electron chi connectivity index (χ0n) is 11.0. The van der Waals surface area contributed by atoms with Crippen molar-refractivity contribution in [2.75, 3.05) is 6.54 Å². The quantitative estimate of drug-likeness (QED) is 0.473.